The fourth-order valence-corrected chi connectivity index (χ4v) is 2.14. The van der Waals surface area contributed by atoms with Crippen LogP contribution in [0.4, 0.5) is 5.95 Å². The van der Waals surface area contributed by atoms with Gasteiger partial charge in [-0.2, -0.15) is 4.98 Å². The zero-order chi connectivity index (χ0) is 12.4. The smallest absolute Gasteiger partial charge is 0.221 e. The average Bonchev–Trinajstić information content (AvgIpc) is 2.83. The molecule has 0 radical (unpaired) electrons. The second kappa shape index (κ2) is 4.73. The van der Waals surface area contributed by atoms with Crippen molar-refractivity contribution >= 4 is 5.95 Å². The normalized spacial score (nSPS) is 18.2. The Morgan fingerprint density at radius 3 is 3.00 bits per heavy atom. The maximum absolute atomic E-state index is 8.97. The number of aliphatic hydroxyl groups is 1. The van der Waals surface area contributed by atoms with E-state index < -0.39 is 0 Å². The number of rotatable bonds is 3. The summed E-state index contributed by atoms with van der Waals surface area (Å²) in [6.07, 6.45) is 4.26. The third-order valence-corrected chi connectivity index (χ3v) is 3.13. The summed E-state index contributed by atoms with van der Waals surface area (Å²) < 4.78 is 1.87. The summed E-state index contributed by atoms with van der Waals surface area (Å²) in [5.41, 5.74) is 0.965. The van der Waals surface area contributed by atoms with Gasteiger partial charge in [0.1, 0.15) is 0 Å². The van der Waals surface area contributed by atoms with Crippen LogP contribution in [0.25, 0.3) is 11.4 Å². The van der Waals surface area contributed by atoms with Gasteiger partial charge in [-0.05, 0) is 24.5 Å². The van der Waals surface area contributed by atoms with Gasteiger partial charge >= 0.3 is 0 Å². The van der Waals surface area contributed by atoms with Gasteiger partial charge in [0, 0.05) is 37.7 Å². The molecule has 0 saturated carbocycles. The number of pyridine rings is 1. The monoisotopic (exact) mass is 245 g/mol. The van der Waals surface area contributed by atoms with Crippen molar-refractivity contribution in [2.24, 2.45) is 5.92 Å². The minimum atomic E-state index is 0.216. The first-order chi connectivity index (χ1) is 8.86. The average molecular weight is 245 g/mol. The quantitative estimate of drug-likeness (QED) is 0.835. The topological polar surface area (TPSA) is 75.9 Å². The summed E-state index contributed by atoms with van der Waals surface area (Å²) in [5.74, 6) is 1.93. The number of aromatic nitrogens is 4. The van der Waals surface area contributed by atoms with Gasteiger partial charge < -0.3 is 10.4 Å². The van der Waals surface area contributed by atoms with E-state index in [0.717, 1.165) is 31.0 Å². The van der Waals surface area contributed by atoms with Crippen molar-refractivity contribution in [3.8, 4) is 11.4 Å². The Bertz CT molecular complexity index is 525. The summed E-state index contributed by atoms with van der Waals surface area (Å²) >= 11 is 0. The van der Waals surface area contributed by atoms with Crippen molar-refractivity contribution in [2.45, 2.75) is 13.0 Å². The SMILES string of the molecule is OCCC1CNc2nc(-c3ccncc3)nn2C1. The Hall–Kier alpha value is -1.95. The van der Waals surface area contributed by atoms with Crippen molar-refractivity contribution in [1.82, 2.24) is 19.7 Å². The van der Waals surface area contributed by atoms with Crippen molar-refractivity contribution in [3.63, 3.8) is 0 Å². The van der Waals surface area contributed by atoms with E-state index >= 15 is 0 Å². The highest BCUT2D eigenvalue weighted by atomic mass is 16.3. The summed E-state index contributed by atoms with van der Waals surface area (Å²) in [7, 11) is 0. The molecule has 2 aromatic heterocycles. The van der Waals surface area contributed by atoms with Crippen molar-refractivity contribution in [3.05, 3.63) is 24.5 Å². The molecule has 1 aliphatic heterocycles. The maximum Gasteiger partial charge on any atom is 0.221 e. The molecule has 0 bridgehead atoms. The first-order valence-corrected chi connectivity index (χ1v) is 6.07. The van der Waals surface area contributed by atoms with Crippen LogP contribution in [0, 0.1) is 5.92 Å². The van der Waals surface area contributed by atoms with E-state index in [1.54, 1.807) is 12.4 Å². The van der Waals surface area contributed by atoms with Crippen molar-refractivity contribution in [1.29, 1.82) is 0 Å². The molecule has 1 atom stereocenters. The van der Waals surface area contributed by atoms with Crippen LogP contribution >= 0.6 is 0 Å². The fourth-order valence-electron chi connectivity index (χ4n) is 2.14. The molecule has 1 aliphatic rings. The van der Waals surface area contributed by atoms with Crippen LogP contribution in [0.1, 0.15) is 6.42 Å². The second-order valence-electron chi connectivity index (χ2n) is 4.44. The largest absolute Gasteiger partial charge is 0.396 e. The molecular weight excluding hydrogens is 230 g/mol. The van der Waals surface area contributed by atoms with E-state index in [4.69, 9.17) is 5.11 Å². The molecule has 0 spiro atoms. The Morgan fingerprint density at radius 1 is 1.39 bits per heavy atom. The minimum Gasteiger partial charge on any atom is -0.396 e. The predicted molar refractivity (Wildman–Crippen MR) is 66.9 cm³/mol. The maximum atomic E-state index is 8.97. The number of fused-ring (bicyclic) bond motifs is 1. The van der Waals surface area contributed by atoms with Gasteiger partial charge in [-0.25, -0.2) is 4.68 Å². The minimum absolute atomic E-state index is 0.216. The van der Waals surface area contributed by atoms with Crippen LogP contribution < -0.4 is 5.32 Å². The third kappa shape index (κ3) is 2.06. The van der Waals surface area contributed by atoms with Crippen LogP contribution in [-0.2, 0) is 6.54 Å². The van der Waals surface area contributed by atoms with Gasteiger partial charge in [0.25, 0.3) is 0 Å². The number of nitrogens with one attached hydrogen (secondary N) is 1. The summed E-state index contributed by atoms with van der Waals surface area (Å²) in [6, 6.07) is 3.79. The lowest BCUT2D eigenvalue weighted by Gasteiger charge is -2.22. The highest BCUT2D eigenvalue weighted by Gasteiger charge is 2.21. The highest BCUT2D eigenvalue weighted by Crippen LogP contribution is 2.22. The summed E-state index contributed by atoms with van der Waals surface area (Å²) in [5, 5.41) is 16.7. The molecule has 3 heterocycles. The highest BCUT2D eigenvalue weighted by molar-refractivity contribution is 5.55. The van der Waals surface area contributed by atoms with Crippen LogP contribution in [0.5, 0.6) is 0 Å². The second-order valence-corrected chi connectivity index (χ2v) is 4.44. The lowest BCUT2D eigenvalue weighted by Crippen LogP contribution is -2.28. The molecule has 0 fully saturated rings. The molecule has 3 rings (SSSR count). The van der Waals surface area contributed by atoms with Gasteiger partial charge in [0.15, 0.2) is 5.82 Å². The molecule has 0 saturated heterocycles. The molecule has 6 nitrogen and oxygen atoms in total. The van der Waals surface area contributed by atoms with Crippen molar-refractivity contribution in [2.75, 3.05) is 18.5 Å². The van der Waals surface area contributed by atoms with E-state index in [-0.39, 0.29) is 6.61 Å². The molecule has 2 N–H and O–H groups in total. The zero-order valence-electron chi connectivity index (χ0n) is 9.95. The molecule has 0 aliphatic carbocycles. The lowest BCUT2D eigenvalue weighted by molar-refractivity contribution is 0.244. The third-order valence-electron chi connectivity index (χ3n) is 3.13. The van der Waals surface area contributed by atoms with E-state index in [9.17, 15) is 0 Å². The zero-order valence-corrected chi connectivity index (χ0v) is 9.95. The molecule has 1 unspecified atom stereocenters. The van der Waals surface area contributed by atoms with Gasteiger partial charge in [-0.15, -0.1) is 5.10 Å². The van der Waals surface area contributed by atoms with Gasteiger partial charge in [0.2, 0.25) is 5.95 Å². The number of anilines is 1. The lowest BCUT2D eigenvalue weighted by atomic mass is 10.1. The molecule has 0 aromatic carbocycles. The summed E-state index contributed by atoms with van der Waals surface area (Å²) in [4.78, 5) is 8.45. The predicted octanol–water partition coefficient (Wildman–Crippen LogP) is 0.764. The van der Waals surface area contributed by atoms with E-state index in [1.807, 2.05) is 16.8 Å². The van der Waals surface area contributed by atoms with Gasteiger partial charge in [-0.3, -0.25) is 4.98 Å². The van der Waals surface area contributed by atoms with Crippen LogP contribution in [0.3, 0.4) is 0 Å². The number of nitrogens with zero attached hydrogens (tertiary/aromatic N) is 4. The first kappa shape index (κ1) is 11.2. The Morgan fingerprint density at radius 2 is 2.22 bits per heavy atom. The van der Waals surface area contributed by atoms with Crippen LogP contribution in [0.15, 0.2) is 24.5 Å². The fraction of sp³-hybridized carbons (Fsp3) is 0.417. The number of hydrogen-bond donors (Lipinski definition) is 2. The van der Waals surface area contributed by atoms with Crippen LogP contribution in [-0.4, -0.2) is 38.0 Å². The molecule has 6 heteroatoms. The standard InChI is InChI=1S/C12H15N5O/c18-6-3-9-7-14-12-15-11(16-17(12)8-9)10-1-4-13-5-2-10/h1-2,4-5,9,18H,3,6-8H2,(H,14,15,16). The van der Waals surface area contributed by atoms with Crippen LogP contribution in [0.2, 0.25) is 0 Å². The Kier molecular flexibility index (Phi) is 2.93. The number of aliphatic hydroxyl groups excluding tert-OH is 1. The van der Waals surface area contributed by atoms with E-state index in [0.29, 0.717) is 11.7 Å². The Balaban J connectivity index is 1.85. The molecule has 18 heavy (non-hydrogen) atoms. The van der Waals surface area contributed by atoms with Gasteiger partial charge in [0.05, 0.1) is 0 Å². The van der Waals surface area contributed by atoms with Crippen molar-refractivity contribution < 1.29 is 5.11 Å². The first-order valence-electron chi connectivity index (χ1n) is 6.07. The number of hydrogen-bond acceptors (Lipinski definition) is 5. The van der Waals surface area contributed by atoms with Gasteiger partial charge in [-0.1, -0.05) is 0 Å². The molecule has 0 amide bonds. The Labute approximate surface area is 105 Å². The van der Waals surface area contributed by atoms with E-state index in [1.165, 1.54) is 0 Å². The molecule has 2 aromatic rings. The molecule has 94 valence electrons. The van der Waals surface area contributed by atoms with E-state index in [2.05, 4.69) is 20.4 Å². The summed E-state index contributed by atoms with van der Waals surface area (Å²) in [6.45, 7) is 1.86. The molecular formula is C12H15N5O.